The number of imide groups is 1. The fraction of sp³-hybridized carbons (Fsp3) is 0.250. The van der Waals surface area contributed by atoms with Crippen molar-refractivity contribution >= 4 is 34.6 Å². The molecule has 0 unspecified atom stereocenters. The van der Waals surface area contributed by atoms with Crippen molar-refractivity contribution in [3.8, 4) is 0 Å². The molecule has 2 N–H and O–H groups in total. The van der Waals surface area contributed by atoms with E-state index in [2.05, 4.69) is 5.32 Å². The van der Waals surface area contributed by atoms with Crippen LogP contribution >= 0.6 is 11.8 Å². The number of hydrogen-bond acceptors (Lipinski definition) is 5. The Morgan fingerprint density at radius 3 is 2.47 bits per heavy atom. The lowest BCUT2D eigenvalue weighted by Crippen LogP contribution is -2.34. The van der Waals surface area contributed by atoms with E-state index in [0.29, 0.717) is 12.2 Å². The van der Waals surface area contributed by atoms with Crippen LogP contribution in [-0.2, 0) is 4.79 Å². The van der Waals surface area contributed by atoms with Gasteiger partial charge in [0, 0.05) is 12.2 Å². The summed E-state index contributed by atoms with van der Waals surface area (Å²) in [7, 11) is 0. The zero-order valence-electron chi connectivity index (χ0n) is 10.1. The molecule has 100 valence electrons. The van der Waals surface area contributed by atoms with Gasteiger partial charge in [0.05, 0.1) is 5.56 Å². The number of hydrogen-bond donors (Lipinski definition) is 2. The molecule has 1 aliphatic heterocycles. The number of rotatable bonds is 4. The molecule has 7 heteroatoms. The van der Waals surface area contributed by atoms with Crippen LogP contribution in [0.2, 0.25) is 0 Å². The second-order valence-electron chi connectivity index (χ2n) is 3.87. The molecule has 2 rings (SSSR count). The Hall–Kier alpha value is -2.02. The van der Waals surface area contributed by atoms with Gasteiger partial charge in [-0.3, -0.25) is 14.5 Å². The minimum Gasteiger partial charge on any atom is -0.478 e. The molecule has 0 saturated carbocycles. The Labute approximate surface area is 113 Å². The molecule has 0 bridgehead atoms. The van der Waals surface area contributed by atoms with E-state index < -0.39 is 11.3 Å². The van der Waals surface area contributed by atoms with Crippen molar-refractivity contribution in [2.24, 2.45) is 0 Å². The van der Waals surface area contributed by atoms with Crippen molar-refractivity contribution in [3.05, 3.63) is 29.8 Å². The normalized spacial score (nSPS) is 18.8. The van der Waals surface area contributed by atoms with Gasteiger partial charge in [-0.05, 0) is 43.0 Å². The Kier molecular flexibility index (Phi) is 3.75. The van der Waals surface area contributed by atoms with Crippen molar-refractivity contribution in [2.75, 3.05) is 11.9 Å². The highest BCUT2D eigenvalue weighted by atomic mass is 32.2. The van der Waals surface area contributed by atoms with Crippen molar-refractivity contribution < 1.29 is 19.5 Å². The standard InChI is InChI=1S/C12H12N2O4S/c1-2-14-10(15)9(19-12(14)18)13-8-5-3-7(4-6-8)11(16)17/h3-6,9,13H,2H2,1H3,(H,16,17)/t9-/m1/s1. The lowest BCUT2D eigenvalue weighted by Gasteiger charge is -2.12. The van der Waals surface area contributed by atoms with Crippen molar-refractivity contribution in [1.82, 2.24) is 4.90 Å². The number of nitrogens with zero attached hydrogens (tertiary/aromatic N) is 1. The molecule has 1 atom stereocenters. The number of benzene rings is 1. The maximum absolute atomic E-state index is 11.9. The molecule has 1 aromatic rings. The van der Waals surface area contributed by atoms with Gasteiger partial charge in [0.15, 0.2) is 5.37 Å². The molecule has 1 heterocycles. The van der Waals surface area contributed by atoms with E-state index in [1.807, 2.05) is 0 Å². The lowest BCUT2D eigenvalue weighted by atomic mass is 10.2. The summed E-state index contributed by atoms with van der Waals surface area (Å²) in [6.45, 7) is 2.08. The molecule has 0 aromatic heterocycles. The van der Waals surface area contributed by atoms with Gasteiger partial charge in [0.2, 0.25) is 0 Å². The molecule has 2 amide bonds. The number of carboxylic acid groups (broad SMARTS) is 1. The summed E-state index contributed by atoms with van der Waals surface area (Å²) in [5.74, 6) is -1.29. The van der Waals surface area contributed by atoms with Gasteiger partial charge in [0.1, 0.15) is 0 Å². The van der Waals surface area contributed by atoms with Gasteiger partial charge >= 0.3 is 5.97 Å². The third-order valence-corrected chi connectivity index (χ3v) is 3.65. The average molecular weight is 280 g/mol. The zero-order valence-corrected chi connectivity index (χ0v) is 10.9. The van der Waals surface area contributed by atoms with Crippen LogP contribution in [0.15, 0.2) is 24.3 Å². The van der Waals surface area contributed by atoms with E-state index in [-0.39, 0.29) is 16.7 Å². The first kappa shape index (κ1) is 13.4. The highest BCUT2D eigenvalue weighted by Crippen LogP contribution is 2.27. The number of aromatic carboxylic acids is 1. The third kappa shape index (κ3) is 2.70. The Bertz CT molecular complexity index is 529. The summed E-state index contributed by atoms with van der Waals surface area (Å²) in [6.07, 6.45) is 0. The lowest BCUT2D eigenvalue weighted by molar-refractivity contribution is -0.126. The summed E-state index contributed by atoms with van der Waals surface area (Å²) in [5, 5.41) is 10.8. The molecule has 1 aromatic carbocycles. The second-order valence-corrected chi connectivity index (χ2v) is 4.93. The van der Waals surface area contributed by atoms with E-state index in [9.17, 15) is 14.4 Å². The van der Waals surface area contributed by atoms with Gasteiger partial charge in [0.25, 0.3) is 11.1 Å². The first-order valence-corrected chi connectivity index (χ1v) is 6.52. The van der Waals surface area contributed by atoms with Crippen LogP contribution in [0.5, 0.6) is 0 Å². The van der Waals surface area contributed by atoms with E-state index in [0.717, 1.165) is 11.8 Å². The Balaban J connectivity index is 2.08. The van der Waals surface area contributed by atoms with Gasteiger partial charge in [-0.25, -0.2) is 4.79 Å². The number of carbonyl (C=O) groups excluding carboxylic acids is 2. The quantitative estimate of drug-likeness (QED) is 0.875. The monoisotopic (exact) mass is 280 g/mol. The van der Waals surface area contributed by atoms with Crippen LogP contribution in [0, 0.1) is 0 Å². The van der Waals surface area contributed by atoms with Gasteiger partial charge in [-0.2, -0.15) is 0 Å². The number of likely N-dealkylation sites (N-methyl/N-ethyl adjacent to an activating group) is 1. The fourth-order valence-corrected chi connectivity index (χ4v) is 2.65. The van der Waals surface area contributed by atoms with E-state index in [1.54, 1.807) is 19.1 Å². The molecule has 0 aliphatic carbocycles. The average Bonchev–Trinajstić information content (AvgIpc) is 2.64. The largest absolute Gasteiger partial charge is 0.478 e. The minimum atomic E-state index is -1.01. The van der Waals surface area contributed by atoms with Crippen molar-refractivity contribution in [1.29, 1.82) is 0 Å². The molecule has 1 fully saturated rings. The molecule has 1 saturated heterocycles. The molecular formula is C12H12N2O4S. The fourth-order valence-electron chi connectivity index (χ4n) is 1.68. The third-order valence-electron chi connectivity index (χ3n) is 2.68. The smallest absolute Gasteiger partial charge is 0.335 e. The molecule has 6 nitrogen and oxygen atoms in total. The summed E-state index contributed by atoms with van der Waals surface area (Å²) in [6, 6.07) is 6.01. The highest BCUT2D eigenvalue weighted by Gasteiger charge is 2.38. The van der Waals surface area contributed by atoms with Crippen LogP contribution in [0.4, 0.5) is 10.5 Å². The summed E-state index contributed by atoms with van der Waals surface area (Å²) >= 11 is 0.922. The van der Waals surface area contributed by atoms with Crippen LogP contribution in [0.1, 0.15) is 17.3 Å². The van der Waals surface area contributed by atoms with Gasteiger partial charge < -0.3 is 10.4 Å². The number of amides is 2. The highest BCUT2D eigenvalue weighted by molar-refractivity contribution is 8.15. The molecule has 19 heavy (non-hydrogen) atoms. The summed E-state index contributed by atoms with van der Waals surface area (Å²) in [5.41, 5.74) is 0.767. The number of carbonyl (C=O) groups is 3. The molecule has 0 radical (unpaired) electrons. The number of carboxylic acids is 1. The van der Waals surface area contributed by atoms with Gasteiger partial charge in [-0.15, -0.1) is 0 Å². The first-order valence-electron chi connectivity index (χ1n) is 5.65. The predicted molar refractivity (Wildman–Crippen MR) is 71.2 cm³/mol. The second kappa shape index (κ2) is 5.31. The molecular weight excluding hydrogens is 268 g/mol. The molecule has 0 spiro atoms. The van der Waals surface area contributed by atoms with E-state index in [4.69, 9.17) is 5.11 Å². The maximum atomic E-state index is 11.9. The Morgan fingerprint density at radius 2 is 2.00 bits per heavy atom. The number of anilines is 1. The number of thioether (sulfide) groups is 1. The first-order chi connectivity index (χ1) is 9.02. The van der Waals surface area contributed by atoms with E-state index in [1.165, 1.54) is 17.0 Å². The minimum absolute atomic E-state index is 0.169. The number of nitrogens with one attached hydrogen (secondary N) is 1. The van der Waals surface area contributed by atoms with Crippen LogP contribution in [0.3, 0.4) is 0 Å². The van der Waals surface area contributed by atoms with E-state index >= 15 is 0 Å². The van der Waals surface area contributed by atoms with Crippen molar-refractivity contribution in [3.63, 3.8) is 0 Å². The maximum Gasteiger partial charge on any atom is 0.335 e. The van der Waals surface area contributed by atoms with Crippen LogP contribution in [0.25, 0.3) is 0 Å². The van der Waals surface area contributed by atoms with Gasteiger partial charge in [-0.1, -0.05) is 0 Å². The zero-order chi connectivity index (χ0) is 14.0. The van der Waals surface area contributed by atoms with Crippen molar-refractivity contribution in [2.45, 2.75) is 12.3 Å². The SMILES string of the molecule is CCN1C(=O)S[C@@H](Nc2ccc(C(=O)O)cc2)C1=O. The topological polar surface area (TPSA) is 86.7 Å². The van der Waals surface area contributed by atoms with Crippen LogP contribution < -0.4 is 5.32 Å². The summed E-state index contributed by atoms with van der Waals surface area (Å²) in [4.78, 5) is 35.2. The summed E-state index contributed by atoms with van der Waals surface area (Å²) < 4.78 is 0. The molecule has 1 aliphatic rings. The predicted octanol–water partition coefficient (Wildman–Crippen LogP) is 1.84. The Morgan fingerprint density at radius 1 is 1.37 bits per heavy atom. The van der Waals surface area contributed by atoms with Crippen LogP contribution in [-0.4, -0.2) is 39.0 Å².